The smallest absolute Gasteiger partial charge is 0.134 e. The average Bonchev–Trinajstić information content (AvgIpc) is 2.85. The first-order valence-corrected chi connectivity index (χ1v) is 7.52. The van der Waals surface area contributed by atoms with Gasteiger partial charge in [0.15, 0.2) is 0 Å². The van der Waals surface area contributed by atoms with Crippen molar-refractivity contribution < 1.29 is 8.81 Å². The van der Waals surface area contributed by atoms with Crippen molar-refractivity contribution in [1.82, 2.24) is 0 Å². The molecule has 0 aliphatic carbocycles. The summed E-state index contributed by atoms with van der Waals surface area (Å²) >= 11 is 3.37. The number of fused-ring (bicyclic) bond motifs is 1. The zero-order chi connectivity index (χ0) is 15.0. The van der Waals surface area contributed by atoms with Crippen molar-refractivity contribution in [2.45, 2.75) is 19.4 Å². The maximum absolute atomic E-state index is 13.1. The summed E-state index contributed by atoms with van der Waals surface area (Å²) in [4.78, 5) is 0. The van der Waals surface area contributed by atoms with Gasteiger partial charge in [-0.05, 0) is 49.2 Å². The molecule has 0 saturated heterocycles. The van der Waals surface area contributed by atoms with E-state index in [9.17, 15) is 4.39 Å². The van der Waals surface area contributed by atoms with Gasteiger partial charge in [0, 0.05) is 9.86 Å². The fourth-order valence-electron chi connectivity index (χ4n) is 2.39. The highest BCUT2D eigenvalue weighted by Gasteiger charge is 2.14. The normalized spacial score (nSPS) is 12.8. The number of benzene rings is 2. The maximum Gasteiger partial charge on any atom is 0.134 e. The zero-order valence-electron chi connectivity index (χ0n) is 11.6. The van der Waals surface area contributed by atoms with Crippen LogP contribution in [0, 0.1) is 12.7 Å². The third-order valence-electron chi connectivity index (χ3n) is 3.51. The zero-order valence-corrected chi connectivity index (χ0v) is 13.2. The van der Waals surface area contributed by atoms with E-state index in [2.05, 4.69) is 22.0 Å². The monoisotopic (exact) mass is 347 g/mol. The van der Waals surface area contributed by atoms with Crippen LogP contribution in [0.5, 0.6) is 0 Å². The molecule has 1 atom stereocenters. The van der Waals surface area contributed by atoms with E-state index in [1.165, 1.54) is 17.7 Å². The number of nitrogens with two attached hydrogens (primary N) is 1. The van der Waals surface area contributed by atoms with Gasteiger partial charge in [0.05, 0.1) is 6.04 Å². The number of halogens is 2. The molecule has 0 bridgehead atoms. The van der Waals surface area contributed by atoms with E-state index < -0.39 is 0 Å². The molecule has 108 valence electrons. The number of aryl methyl sites for hydroxylation is 1. The van der Waals surface area contributed by atoms with Crippen molar-refractivity contribution in [1.29, 1.82) is 0 Å². The van der Waals surface area contributed by atoms with E-state index in [0.29, 0.717) is 6.42 Å². The van der Waals surface area contributed by atoms with Crippen LogP contribution in [0.15, 0.2) is 51.4 Å². The second-order valence-corrected chi connectivity index (χ2v) is 6.09. The van der Waals surface area contributed by atoms with Gasteiger partial charge in [0.2, 0.25) is 0 Å². The second-order valence-electron chi connectivity index (χ2n) is 5.24. The van der Waals surface area contributed by atoms with Crippen molar-refractivity contribution in [3.05, 3.63) is 69.6 Å². The lowest BCUT2D eigenvalue weighted by Crippen LogP contribution is -2.12. The highest BCUT2D eigenvalue weighted by molar-refractivity contribution is 9.10. The van der Waals surface area contributed by atoms with Crippen LogP contribution in [-0.2, 0) is 6.42 Å². The van der Waals surface area contributed by atoms with Gasteiger partial charge in [-0.3, -0.25) is 0 Å². The SMILES string of the molecule is Cc1ccc2oc(C(N)Cc3ccc(F)cc3Br)cc2c1. The summed E-state index contributed by atoms with van der Waals surface area (Å²) < 4.78 is 19.6. The average molecular weight is 348 g/mol. The van der Waals surface area contributed by atoms with E-state index in [0.717, 1.165) is 26.8 Å². The van der Waals surface area contributed by atoms with Crippen molar-refractivity contribution >= 4 is 26.9 Å². The predicted octanol–water partition coefficient (Wildman–Crippen LogP) is 4.89. The number of hydrogen-bond donors (Lipinski definition) is 1. The highest BCUT2D eigenvalue weighted by atomic mass is 79.9. The number of furan rings is 1. The molecule has 0 fully saturated rings. The van der Waals surface area contributed by atoms with Crippen LogP contribution < -0.4 is 5.73 Å². The lowest BCUT2D eigenvalue weighted by molar-refractivity contribution is 0.493. The number of rotatable bonds is 3. The Balaban J connectivity index is 1.87. The Labute approximate surface area is 130 Å². The first-order chi connectivity index (χ1) is 10.0. The fourth-order valence-corrected chi connectivity index (χ4v) is 2.90. The van der Waals surface area contributed by atoms with Gasteiger partial charge in [0.25, 0.3) is 0 Å². The van der Waals surface area contributed by atoms with Crippen molar-refractivity contribution in [3.63, 3.8) is 0 Å². The molecule has 2 nitrogen and oxygen atoms in total. The van der Waals surface area contributed by atoms with Gasteiger partial charge in [-0.25, -0.2) is 4.39 Å². The van der Waals surface area contributed by atoms with Crippen LogP contribution in [0.1, 0.15) is 22.9 Å². The minimum Gasteiger partial charge on any atom is -0.459 e. The molecule has 21 heavy (non-hydrogen) atoms. The molecule has 3 aromatic rings. The number of hydrogen-bond acceptors (Lipinski definition) is 2. The fraction of sp³-hybridized carbons (Fsp3) is 0.176. The van der Waals surface area contributed by atoms with Gasteiger partial charge < -0.3 is 10.2 Å². The first kappa shape index (κ1) is 14.3. The summed E-state index contributed by atoms with van der Waals surface area (Å²) in [7, 11) is 0. The molecule has 0 radical (unpaired) electrons. The van der Waals surface area contributed by atoms with Crippen LogP contribution in [0.25, 0.3) is 11.0 Å². The molecule has 0 spiro atoms. The van der Waals surface area contributed by atoms with Gasteiger partial charge in [0.1, 0.15) is 17.2 Å². The molecule has 3 rings (SSSR count). The standard InChI is InChI=1S/C17H15BrFNO/c1-10-2-5-16-12(6-10)8-17(21-16)15(20)7-11-3-4-13(19)9-14(11)18/h2-6,8-9,15H,7,20H2,1H3. The highest BCUT2D eigenvalue weighted by Crippen LogP contribution is 2.28. The molecule has 2 N–H and O–H groups in total. The van der Waals surface area contributed by atoms with Crippen LogP contribution in [0.2, 0.25) is 0 Å². The molecule has 0 saturated carbocycles. The molecule has 0 aliphatic heterocycles. The van der Waals surface area contributed by atoms with Crippen molar-refractivity contribution in [2.24, 2.45) is 5.73 Å². The minimum absolute atomic E-state index is 0.264. The summed E-state index contributed by atoms with van der Waals surface area (Å²) in [5.74, 6) is 0.477. The molecule has 0 amide bonds. The summed E-state index contributed by atoms with van der Waals surface area (Å²) in [6.07, 6.45) is 0.583. The topological polar surface area (TPSA) is 39.2 Å². The Bertz CT molecular complexity index is 797. The van der Waals surface area contributed by atoms with Crippen LogP contribution >= 0.6 is 15.9 Å². The Morgan fingerprint density at radius 1 is 1.19 bits per heavy atom. The molecular weight excluding hydrogens is 333 g/mol. The molecule has 1 unspecified atom stereocenters. The summed E-state index contributed by atoms with van der Waals surface area (Å²) in [5.41, 5.74) is 9.21. The lowest BCUT2D eigenvalue weighted by Gasteiger charge is -2.10. The van der Waals surface area contributed by atoms with Crippen LogP contribution in [0.4, 0.5) is 4.39 Å². The Hall–Kier alpha value is -1.65. The van der Waals surface area contributed by atoms with E-state index in [4.69, 9.17) is 10.2 Å². The minimum atomic E-state index is -0.265. The molecule has 1 heterocycles. The largest absolute Gasteiger partial charge is 0.459 e. The molecule has 2 aromatic carbocycles. The Kier molecular flexibility index (Phi) is 3.83. The van der Waals surface area contributed by atoms with Crippen LogP contribution in [0.3, 0.4) is 0 Å². The van der Waals surface area contributed by atoms with Gasteiger partial charge in [-0.1, -0.05) is 33.6 Å². The summed E-state index contributed by atoms with van der Waals surface area (Å²) in [6, 6.07) is 12.4. The molecule has 4 heteroatoms. The second kappa shape index (κ2) is 5.62. The van der Waals surface area contributed by atoms with Gasteiger partial charge in [-0.15, -0.1) is 0 Å². The van der Waals surface area contributed by atoms with E-state index in [-0.39, 0.29) is 11.9 Å². The molecular formula is C17H15BrFNO. The maximum atomic E-state index is 13.1. The van der Waals surface area contributed by atoms with E-state index in [1.807, 2.05) is 25.1 Å². The Morgan fingerprint density at radius 2 is 2.00 bits per heavy atom. The summed E-state index contributed by atoms with van der Waals surface area (Å²) in [5, 5.41) is 1.05. The van der Waals surface area contributed by atoms with E-state index in [1.54, 1.807) is 6.07 Å². The third-order valence-corrected chi connectivity index (χ3v) is 4.25. The third kappa shape index (κ3) is 3.01. The van der Waals surface area contributed by atoms with Crippen LogP contribution in [-0.4, -0.2) is 0 Å². The quantitative estimate of drug-likeness (QED) is 0.732. The lowest BCUT2D eigenvalue weighted by atomic mass is 10.0. The Morgan fingerprint density at radius 3 is 2.76 bits per heavy atom. The van der Waals surface area contributed by atoms with Gasteiger partial charge >= 0.3 is 0 Å². The van der Waals surface area contributed by atoms with Gasteiger partial charge in [-0.2, -0.15) is 0 Å². The summed E-state index contributed by atoms with van der Waals surface area (Å²) in [6.45, 7) is 2.04. The van der Waals surface area contributed by atoms with Crippen molar-refractivity contribution in [2.75, 3.05) is 0 Å². The molecule has 1 aromatic heterocycles. The van der Waals surface area contributed by atoms with Crippen molar-refractivity contribution in [3.8, 4) is 0 Å². The predicted molar refractivity (Wildman–Crippen MR) is 85.7 cm³/mol. The molecule has 0 aliphatic rings. The van der Waals surface area contributed by atoms with E-state index >= 15 is 0 Å². The first-order valence-electron chi connectivity index (χ1n) is 6.72.